The first kappa shape index (κ1) is 17.6. The minimum absolute atomic E-state index is 0.103. The molecule has 2 aromatic heterocycles. The predicted octanol–water partition coefficient (Wildman–Crippen LogP) is 2.21. The largest absolute Gasteiger partial charge is 0.336 e. The molecule has 0 bridgehead atoms. The standard InChI is InChI=1S/C15H16FN7O2S/c1-23-9-10(7-18-23)19-15-17-8-11(16)14(21-15)20-12-5-3-4-6-13(12)22-26(2,24)25/h3-9,22H,1-2H3,(H2,17,19,20,21). The summed E-state index contributed by atoms with van der Waals surface area (Å²) in [7, 11) is -1.73. The molecule has 0 fully saturated rings. The summed E-state index contributed by atoms with van der Waals surface area (Å²) in [5, 5.41) is 9.70. The Hall–Kier alpha value is -3.21. The van der Waals surface area contributed by atoms with Crippen molar-refractivity contribution in [2.24, 2.45) is 7.05 Å². The fraction of sp³-hybridized carbons (Fsp3) is 0.133. The van der Waals surface area contributed by atoms with Gasteiger partial charge in [-0.3, -0.25) is 9.40 Å². The number of anilines is 5. The zero-order valence-electron chi connectivity index (χ0n) is 13.9. The highest BCUT2D eigenvalue weighted by Crippen LogP contribution is 2.27. The van der Waals surface area contributed by atoms with Crippen LogP contribution in [0.15, 0.2) is 42.9 Å². The van der Waals surface area contributed by atoms with Gasteiger partial charge in [0.15, 0.2) is 11.6 Å². The molecule has 0 saturated heterocycles. The zero-order chi connectivity index (χ0) is 18.7. The lowest BCUT2D eigenvalue weighted by molar-refractivity contribution is 0.607. The van der Waals surface area contributed by atoms with Gasteiger partial charge in [-0.05, 0) is 12.1 Å². The highest BCUT2D eigenvalue weighted by Gasteiger charge is 2.12. The van der Waals surface area contributed by atoms with Crippen LogP contribution < -0.4 is 15.4 Å². The maximum atomic E-state index is 14.1. The van der Waals surface area contributed by atoms with Crippen LogP contribution in [0.5, 0.6) is 0 Å². The molecule has 0 radical (unpaired) electrons. The van der Waals surface area contributed by atoms with Crippen LogP contribution >= 0.6 is 0 Å². The van der Waals surface area contributed by atoms with Gasteiger partial charge >= 0.3 is 0 Å². The van der Waals surface area contributed by atoms with Gasteiger partial charge in [-0.15, -0.1) is 0 Å². The Morgan fingerprint density at radius 2 is 1.85 bits per heavy atom. The molecule has 0 unspecified atom stereocenters. The van der Waals surface area contributed by atoms with Crippen LogP contribution in [0.3, 0.4) is 0 Å². The van der Waals surface area contributed by atoms with Crippen molar-refractivity contribution in [1.82, 2.24) is 19.7 Å². The molecule has 3 N–H and O–H groups in total. The molecule has 26 heavy (non-hydrogen) atoms. The zero-order valence-corrected chi connectivity index (χ0v) is 14.7. The third kappa shape index (κ3) is 4.45. The lowest BCUT2D eigenvalue weighted by atomic mass is 10.2. The number of aromatic nitrogens is 4. The summed E-state index contributed by atoms with van der Waals surface area (Å²) < 4.78 is 41.0. The maximum Gasteiger partial charge on any atom is 0.229 e. The van der Waals surface area contributed by atoms with Gasteiger partial charge in [0, 0.05) is 13.2 Å². The Kier molecular flexibility index (Phi) is 4.71. The van der Waals surface area contributed by atoms with Gasteiger partial charge < -0.3 is 10.6 Å². The van der Waals surface area contributed by atoms with Gasteiger partial charge in [0.05, 0.1) is 35.7 Å². The van der Waals surface area contributed by atoms with Crippen molar-refractivity contribution in [3.63, 3.8) is 0 Å². The summed E-state index contributed by atoms with van der Waals surface area (Å²) in [5.41, 5.74) is 1.27. The molecular weight excluding hydrogens is 361 g/mol. The molecule has 9 nitrogen and oxygen atoms in total. The fourth-order valence-corrected chi connectivity index (χ4v) is 2.72. The molecule has 0 atom stereocenters. The maximum absolute atomic E-state index is 14.1. The Morgan fingerprint density at radius 3 is 2.50 bits per heavy atom. The van der Waals surface area contributed by atoms with E-state index < -0.39 is 15.8 Å². The van der Waals surface area contributed by atoms with Gasteiger partial charge in [0.25, 0.3) is 0 Å². The third-order valence-corrected chi connectivity index (χ3v) is 3.77. The number of hydrogen-bond donors (Lipinski definition) is 3. The van der Waals surface area contributed by atoms with Gasteiger partial charge in [-0.25, -0.2) is 17.8 Å². The first-order valence-electron chi connectivity index (χ1n) is 7.42. The minimum atomic E-state index is -3.49. The van der Waals surface area contributed by atoms with Crippen molar-refractivity contribution in [2.75, 3.05) is 21.6 Å². The Labute approximate surface area is 149 Å². The van der Waals surface area contributed by atoms with Crippen molar-refractivity contribution < 1.29 is 12.8 Å². The predicted molar refractivity (Wildman–Crippen MR) is 96.7 cm³/mol. The van der Waals surface area contributed by atoms with Crippen LogP contribution in [0.4, 0.5) is 33.2 Å². The van der Waals surface area contributed by atoms with Crippen LogP contribution in [0, 0.1) is 5.82 Å². The van der Waals surface area contributed by atoms with Crippen molar-refractivity contribution >= 4 is 38.9 Å². The van der Waals surface area contributed by atoms with Crippen LogP contribution in [0.25, 0.3) is 0 Å². The molecule has 0 aliphatic carbocycles. The summed E-state index contributed by atoms with van der Waals surface area (Å²) in [6.45, 7) is 0. The number of benzene rings is 1. The first-order valence-corrected chi connectivity index (χ1v) is 9.31. The average molecular weight is 377 g/mol. The number of para-hydroxylation sites is 2. The van der Waals surface area contributed by atoms with E-state index in [0.717, 1.165) is 12.5 Å². The number of nitrogens with zero attached hydrogens (tertiary/aromatic N) is 4. The monoisotopic (exact) mass is 377 g/mol. The molecule has 0 spiro atoms. The van der Waals surface area contributed by atoms with Crippen molar-refractivity contribution in [1.29, 1.82) is 0 Å². The quantitative estimate of drug-likeness (QED) is 0.603. The second-order valence-corrected chi connectivity index (χ2v) is 7.21. The van der Waals surface area contributed by atoms with Crippen molar-refractivity contribution in [3.8, 4) is 0 Å². The van der Waals surface area contributed by atoms with Gasteiger partial charge in [-0.2, -0.15) is 10.1 Å². The van der Waals surface area contributed by atoms with Gasteiger partial charge in [0.1, 0.15) is 0 Å². The number of sulfonamides is 1. The van der Waals surface area contributed by atoms with Crippen molar-refractivity contribution in [2.45, 2.75) is 0 Å². The second kappa shape index (κ2) is 6.96. The fourth-order valence-electron chi connectivity index (χ4n) is 2.14. The number of hydrogen-bond acceptors (Lipinski definition) is 7. The molecule has 3 rings (SSSR count). The van der Waals surface area contributed by atoms with E-state index in [4.69, 9.17) is 0 Å². The molecule has 0 aliphatic rings. The van der Waals surface area contributed by atoms with E-state index in [2.05, 4.69) is 30.4 Å². The van der Waals surface area contributed by atoms with E-state index in [1.807, 2.05) is 0 Å². The normalized spacial score (nSPS) is 11.2. The van der Waals surface area contributed by atoms with E-state index in [9.17, 15) is 12.8 Å². The van der Waals surface area contributed by atoms with E-state index in [1.54, 1.807) is 48.4 Å². The third-order valence-electron chi connectivity index (χ3n) is 3.18. The number of nitrogens with one attached hydrogen (secondary N) is 3. The SMILES string of the molecule is Cn1cc(Nc2ncc(F)c(Nc3ccccc3NS(C)(=O)=O)n2)cn1. The summed E-state index contributed by atoms with van der Waals surface area (Å²) >= 11 is 0. The van der Waals surface area contributed by atoms with E-state index in [0.29, 0.717) is 11.4 Å². The molecule has 1 aromatic carbocycles. The second-order valence-electron chi connectivity index (χ2n) is 5.46. The van der Waals surface area contributed by atoms with Gasteiger partial charge in [0.2, 0.25) is 16.0 Å². The molecule has 11 heteroatoms. The van der Waals surface area contributed by atoms with E-state index in [-0.39, 0.29) is 17.5 Å². The number of aryl methyl sites for hydroxylation is 1. The summed E-state index contributed by atoms with van der Waals surface area (Å²) in [6.07, 6.45) is 5.34. The molecule has 3 aromatic rings. The molecule has 0 aliphatic heterocycles. The molecule has 0 amide bonds. The van der Waals surface area contributed by atoms with E-state index >= 15 is 0 Å². The van der Waals surface area contributed by atoms with Gasteiger partial charge in [-0.1, -0.05) is 12.1 Å². The lowest BCUT2D eigenvalue weighted by Crippen LogP contribution is -2.11. The van der Waals surface area contributed by atoms with Crippen LogP contribution in [0.1, 0.15) is 0 Å². The Balaban J connectivity index is 1.87. The van der Waals surface area contributed by atoms with Crippen LogP contribution in [-0.2, 0) is 17.1 Å². The van der Waals surface area contributed by atoms with Crippen molar-refractivity contribution in [3.05, 3.63) is 48.7 Å². The molecular formula is C15H16FN7O2S. The first-order chi connectivity index (χ1) is 12.3. The Bertz CT molecular complexity index is 1040. The molecule has 136 valence electrons. The highest BCUT2D eigenvalue weighted by molar-refractivity contribution is 7.92. The minimum Gasteiger partial charge on any atom is -0.336 e. The smallest absolute Gasteiger partial charge is 0.229 e. The summed E-state index contributed by atoms with van der Waals surface area (Å²) in [5.74, 6) is -0.625. The number of halogens is 1. The number of rotatable bonds is 6. The van der Waals surface area contributed by atoms with Crippen LogP contribution in [0.2, 0.25) is 0 Å². The molecule has 0 saturated carbocycles. The van der Waals surface area contributed by atoms with Crippen LogP contribution in [-0.4, -0.2) is 34.4 Å². The summed E-state index contributed by atoms with van der Waals surface area (Å²) in [6, 6.07) is 6.49. The Morgan fingerprint density at radius 1 is 1.12 bits per heavy atom. The van der Waals surface area contributed by atoms with E-state index in [1.165, 1.54) is 0 Å². The topological polar surface area (TPSA) is 114 Å². The summed E-state index contributed by atoms with van der Waals surface area (Å²) in [4.78, 5) is 7.97. The molecule has 2 heterocycles. The highest BCUT2D eigenvalue weighted by atomic mass is 32.2. The average Bonchev–Trinajstić information content (AvgIpc) is 2.96. The lowest BCUT2D eigenvalue weighted by Gasteiger charge is -2.13.